The summed E-state index contributed by atoms with van der Waals surface area (Å²) < 4.78 is 5.73. The molecule has 0 atom stereocenters. The molecule has 0 spiro atoms. The van der Waals surface area contributed by atoms with Crippen LogP contribution in [0.25, 0.3) is 11.5 Å². The van der Waals surface area contributed by atoms with Gasteiger partial charge in [0.15, 0.2) is 0 Å². The molecule has 3 nitrogen and oxygen atoms in total. The Kier molecular flexibility index (Phi) is 4.59. The second kappa shape index (κ2) is 6.79. The van der Waals surface area contributed by atoms with Crippen molar-refractivity contribution in [2.45, 2.75) is 25.4 Å². The number of thioether (sulfide) groups is 1. The number of aryl methyl sites for hydroxylation is 2. The van der Waals surface area contributed by atoms with Gasteiger partial charge < -0.3 is 4.42 Å². The minimum absolute atomic E-state index is 0.589. The Bertz CT molecular complexity index is 750. The molecule has 112 valence electrons. The zero-order valence-electron chi connectivity index (χ0n) is 12.7. The number of benzene rings is 2. The zero-order valence-corrected chi connectivity index (χ0v) is 13.6. The number of nitrogens with zero attached hydrogens (tertiary/aromatic N) is 2. The van der Waals surface area contributed by atoms with E-state index in [4.69, 9.17) is 4.42 Å². The zero-order chi connectivity index (χ0) is 15.4. The van der Waals surface area contributed by atoms with Crippen LogP contribution in [0.3, 0.4) is 0 Å². The fourth-order valence-electron chi connectivity index (χ4n) is 2.15. The summed E-state index contributed by atoms with van der Waals surface area (Å²) in [5.74, 6) is 2.95. The van der Waals surface area contributed by atoms with Crippen LogP contribution in [-0.2, 0) is 11.5 Å². The third-order valence-corrected chi connectivity index (χ3v) is 4.48. The Labute approximate surface area is 134 Å². The summed E-state index contributed by atoms with van der Waals surface area (Å²) in [7, 11) is 0. The van der Waals surface area contributed by atoms with Crippen molar-refractivity contribution in [1.29, 1.82) is 0 Å². The molecule has 0 aliphatic carbocycles. The van der Waals surface area contributed by atoms with E-state index < -0.39 is 0 Å². The van der Waals surface area contributed by atoms with E-state index >= 15 is 0 Å². The summed E-state index contributed by atoms with van der Waals surface area (Å²) in [6, 6.07) is 16.5. The molecule has 0 saturated heterocycles. The molecule has 0 fully saturated rings. The number of hydrogen-bond acceptors (Lipinski definition) is 4. The monoisotopic (exact) mass is 310 g/mol. The third kappa shape index (κ3) is 3.57. The Morgan fingerprint density at radius 2 is 1.68 bits per heavy atom. The summed E-state index contributed by atoms with van der Waals surface area (Å²) in [6.45, 7) is 4.20. The molecule has 0 saturated carbocycles. The van der Waals surface area contributed by atoms with Crippen molar-refractivity contribution in [1.82, 2.24) is 10.2 Å². The average molecular weight is 310 g/mol. The molecule has 1 heterocycles. The van der Waals surface area contributed by atoms with Gasteiger partial charge >= 0.3 is 0 Å². The summed E-state index contributed by atoms with van der Waals surface area (Å²) in [4.78, 5) is 0. The predicted molar refractivity (Wildman–Crippen MR) is 90.6 cm³/mol. The predicted octanol–water partition coefficient (Wildman–Crippen LogP) is 4.79. The van der Waals surface area contributed by atoms with Gasteiger partial charge in [0.2, 0.25) is 11.8 Å². The summed E-state index contributed by atoms with van der Waals surface area (Å²) in [5.41, 5.74) is 4.86. The highest BCUT2D eigenvalue weighted by molar-refractivity contribution is 7.97. The van der Waals surface area contributed by atoms with Crippen molar-refractivity contribution in [3.05, 3.63) is 71.1 Å². The lowest BCUT2D eigenvalue weighted by molar-refractivity contribution is 0.528. The van der Waals surface area contributed by atoms with Crippen molar-refractivity contribution >= 4 is 11.8 Å². The normalized spacial score (nSPS) is 10.8. The first-order chi connectivity index (χ1) is 10.7. The van der Waals surface area contributed by atoms with Crippen LogP contribution in [0, 0.1) is 13.8 Å². The van der Waals surface area contributed by atoms with Crippen molar-refractivity contribution < 1.29 is 4.42 Å². The van der Waals surface area contributed by atoms with Gasteiger partial charge in [-0.25, -0.2) is 0 Å². The van der Waals surface area contributed by atoms with Crippen molar-refractivity contribution in [2.75, 3.05) is 0 Å². The maximum absolute atomic E-state index is 5.73. The highest BCUT2D eigenvalue weighted by Gasteiger charge is 2.08. The van der Waals surface area contributed by atoms with Crippen molar-refractivity contribution in [3.8, 4) is 11.5 Å². The highest BCUT2D eigenvalue weighted by Crippen LogP contribution is 2.22. The molecule has 4 heteroatoms. The van der Waals surface area contributed by atoms with E-state index in [1.165, 1.54) is 16.7 Å². The Balaban J connectivity index is 1.60. The van der Waals surface area contributed by atoms with E-state index in [2.05, 4.69) is 48.3 Å². The second-order valence-corrected chi connectivity index (χ2v) is 6.27. The van der Waals surface area contributed by atoms with Gasteiger partial charge in [0.1, 0.15) is 0 Å². The number of hydrogen-bond donors (Lipinski definition) is 0. The van der Waals surface area contributed by atoms with Crippen LogP contribution in [0.15, 0.2) is 52.9 Å². The first-order valence-electron chi connectivity index (χ1n) is 7.24. The lowest BCUT2D eigenvalue weighted by Crippen LogP contribution is -1.87. The third-order valence-electron chi connectivity index (χ3n) is 3.51. The largest absolute Gasteiger partial charge is 0.420 e. The molecule has 0 amide bonds. The number of aromatic nitrogens is 2. The quantitative estimate of drug-likeness (QED) is 0.679. The SMILES string of the molecule is Cc1ccc(-c2nnc(CSCc3ccccc3C)o2)cc1. The van der Waals surface area contributed by atoms with E-state index in [-0.39, 0.29) is 0 Å². The molecule has 0 aliphatic heterocycles. The van der Waals surface area contributed by atoms with Gasteiger partial charge in [0.05, 0.1) is 5.75 Å². The molecule has 3 rings (SSSR count). The molecule has 0 aliphatic rings. The van der Waals surface area contributed by atoms with Crippen LogP contribution >= 0.6 is 11.8 Å². The molecule has 0 radical (unpaired) electrons. The Morgan fingerprint density at radius 3 is 2.45 bits per heavy atom. The summed E-state index contributed by atoms with van der Waals surface area (Å²) >= 11 is 1.79. The van der Waals surface area contributed by atoms with Gasteiger partial charge in [-0.15, -0.1) is 22.0 Å². The van der Waals surface area contributed by atoms with Crippen molar-refractivity contribution in [2.24, 2.45) is 0 Å². The van der Waals surface area contributed by atoms with Gasteiger partial charge in [-0.2, -0.15) is 0 Å². The van der Waals surface area contributed by atoms with Gasteiger partial charge in [0.25, 0.3) is 0 Å². The fourth-order valence-corrected chi connectivity index (χ4v) is 3.08. The van der Waals surface area contributed by atoms with E-state index in [1.807, 2.05) is 24.3 Å². The molecule has 0 unspecified atom stereocenters. The maximum Gasteiger partial charge on any atom is 0.247 e. The number of rotatable bonds is 5. The molecule has 1 aromatic heterocycles. The minimum atomic E-state index is 0.589. The topological polar surface area (TPSA) is 38.9 Å². The molecular formula is C18H18N2OS. The average Bonchev–Trinajstić information content (AvgIpc) is 2.99. The van der Waals surface area contributed by atoms with Crippen LogP contribution in [0.1, 0.15) is 22.6 Å². The summed E-state index contributed by atoms with van der Waals surface area (Å²) in [6.07, 6.45) is 0. The van der Waals surface area contributed by atoms with Gasteiger partial charge in [-0.1, -0.05) is 42.0 Å². The molecule has 0 N–H and O–H groups in total. The Hall–Kier alpha value is -2.07. The first kappa shape index (κ1) is 14.9. The minimum Gasteiger partial charge on any atom is -0.420 e. The standard InChI is InChI=1S/C18H18N2OS/c1-13-7-9-15(10-8-13)18-20-19-17(21-18)12-22-11-16-6-4-3-5-14(16)2/h3-10H,11-12H2,1-2H3. The van der Waals surface area contributed by atoms with Gasteiger partial charge in [-0.05, 0) is 37.1 Å². The molecule has 22 heavy (non-hydrogen) atoms. The van der Waals surface area contributed by atoms with Crippen LogP contribution < -0.4 is 0 Å². The second-order valence-electron chi connectivity index (χ2n) is 5.29. The van der Waals surface area contributed by atoms with Gasteiger partial charge in [-0.3, -0.25) is 0 Å². The van der Waals surface area contributed by atoms with E-state index in [9.17, 15) is 0 Å². The first-order valence-corrected chi connectivity index (χ1v) is 8.39. The summed E-state index contributed by atoms with van der Waals surface area (Å²) in [5, 5.41) is 8.26. The van der Waals surface area contributed by atoms with E-state index in [1.54, 1.807) is 11.8 Å². The van der Waals surface area contributed by atoms with Crippen LogP contribution in [0.4, 0.5) is 0 Å². The van der Waals surface area contributed by atoms with E-state index in [0.29, 0.717) is 11.8 Å². The lowest BCUT2D eigenvalue weighted by atomic mass is 10.1. The molecule has 0 bridgehead atoms. The van der Waals surface area contributed by atoms with Crippen LogP contribution in [0.2, 0.25) is 0 Å². The lowest BCUT2D eigenvalue weighted by Gasteiger charge is -2.03. The Morgan fingerprint density at radius 1 is 0.909 bits per heavy atom. The molecule has 3 aromatic rings. The van der Waals surface area contributed by atoms with Crippen LogP contribution in [0.5, 0.6) is 0 Å². The molecular weight excluding hydrogens is 292 g/mol. The highest BCUT2D eigenvalue weighted by atomic mass is 32.2. The smallest absolute Gasteiger partial charge is 0.247 e. The van der Waals surface area contributed by atoms with Crippen LogP contribution in [-0.4, -0.2) is 10.2 Å². The van der Waals surface area contributed by atoms with E-state index in [0.717, 1.165) is 17.1 Å². The fraction of sp³-hybridized carbons (Fsp3) is 0.222. The maximum atomic E-state index is 5.73. The van der Waals surface area contributed by atoms with Gasteiger partial charge in [0, 0.05) is 11.3 Å². The van der Waals surface area contributed by atoms with Crippen molar-refractivity contribution in [3.63, 3.8) is 0 Å². The molecule has 2 aromatic carbocycles.